The van der Waals surface area contributed by atoms with Crippen molar-refractivity contribution in [2.45, 2.75) is 24.4 Å². The van der Waals surface area contributed by atoms with Crippen LogP contribution in [0.1, 0.15) is 0 Å². The second-order valence-corrected chi connectivity index (χ2v) is 8.56. The highest BCUT2D eigenvalue weighted by molar-refractivity contribution is 6.33. The van der Waals surface area contributed by atoms with Gasteiger partial charge in [0.05, 0.1) is 35.0 Å². The van der Waals surface area contributed by atoms with Crippen molar-refractivity contribution in [1.29, 1.82) is 0 Å². The quantitative estimate of drug-likeness (QED) is 0.482. The molecule has 2 fully saturated rings. The van der Waals surface area contributed by atoms with Crippen LogP contribution in [-0.4, -0.2) is 52.7 Å². The fourth-order valence-corrected chi connectivity index (χ4v) is 4.69. The molecule has 2 N–H and O–H groups in total. The molecule has 0 radical (unpaired) electrons. The highest BCUT2D eigenvalue weighted by Crippen LogP contribution is 2.34. The van der Waals surface area contributed by atoms with Gasteiger partial charge in [0.1, 0.15) is 18.3 Å². The first-order chi connectivity index (χ1) is 15.7. The molecule has 1 unspecified atom stereocenters. The van der Waals surface area contributed by atoms with Crippen molar-refractivity contribution in [1.82, 2.24) is 9.97 Å². The van der Waals surface area contributed by atoms with Crippen LogP contribution in [0.4, 0.5) is 0 Å². The Bertz CT molecular complexity index is 1260. The minimum Gasteiger partial charge on any atom is -0.470 e. The predicted octanol–water partition coefficient (Wildman–Crippen LogP) is 4.46. The zero-order valence-electron chi connectivity index (χ0n) is 17.1. The molecule has 0 saturated carbocycles. The Morgan fingerprint density at radius 3 is 2.44 bits per heavy atom. The maximum atomic E-state index is 9.91. The summed E-state index contributed by atoms with van der Waals surface area (Å²) in [6, 6.07) is 22.2. The average molecular weight is 449 g/mol. The third-order valence-electron chi connectivity index (χ3n) is 6.06. The van der Waals surface area contributed by atoms with Crippen LogP contribution in [0, 0.1) is 0 Å². The molecule has 4 atom stereocenters. The number of fused-ring (bicyclic) bond motifs is 2. The molecule has 4 aromatic rings. The molecule has 32 heavy (non-hydrogen) atoms. The number of nitrogens with zero attached hydrogens (tertiary/aromatic N) is 1. The van der Waals surface area contributed by atoms with Crippen molar-refractivity contribution in [2.75, 3.05) is 13.2 Å². The number of aliphatic hydroxyl groups excluding tert-OH is 1. The summed E-state index contributed by atoms with van der Waals surface area (Å²) in [5.41, 5.74) is 5.52. The first-order valence-corrected chi connectivity index (χ1v) is 11.0. The monoisotopic (exact) mass is 448 g/mol. The van der Waals surface area contributed by atoms with Crippen molar-refractivity contribution < 1.29 is 19.3 Å². The number of nitrogens with one attached hydrogen (secondary N) is 1. The minimum atomic E-state index is -0.604. The average Bonchev–Trinajstić information content (AvgIpc) is 3.51. The molecule has 6 rings (SSSR count). The van der Waals surface area contributed by atoms with E-state index in [1.807, 2.05) is 42.5 Å². The third-order valence-corrected chi connectivity index (χ3v) is 6.34. The number of aliphatic hydroxyl groups is 1. The standard InChI is InChI=1S/C25H21ClN2O4/c26-17-10-18-19(11-22(27-18)32-21-13-31-24-20(29)12-30-25(21)24)28-23(17)16-8-6-15(7-9-16)14-4-2-1-3-5-14/h1-11,20-21,24-25,27,29H,12-13H2/t20-,21+,24?,25+/m0/s1. The van der Waals surface area contributed by atoms with Crippen molar-refractivity contribution in [3.8, 4) is 28.3 Å². The Morgan fingerprint density at radius 2 is 1.62 bits per heavy atom. The van der Waals surface area contributed by atoms with E-state index >= 15 is 0 Å². The predicted molar refractivity (Wildman–Crippen MR) is 122 cm³/mol. The number of hydrogen-bond donors (Lipinski definition) is 2. The summed E-state index contributed by atoms with van der Waals surface area (Å²) in [6.45, 7) is 0.639. The molecule has 0 spiro atoms. The lowest BCUT2D eigenvalue weighted by Crippen LogP contribution is -2.34. The van der Waals surface area contributed by atoms with Gasteiger partial charge in [0.2, 0.25) is 0 Å². The fourth-order valence-electron chi connectivity index (χ4n) is 4.43. The molecule has 6 nitrogen and oxygen atoms in total. The molecule has 4 heterocycles. The van der Waals surface area contributed by atoms with E-state index in [1.54, 1.807) is 0 Å². The maximum absolute atomic E-state index is 9.91. The lowest BCUT2D eigenvalue weighted by atomic mass is 10.0. The fraction of sp³-hybridized carbons (Fsp3) is 0.240. The summed E-state index contributed by atoms with van der Waals surface area (Å²) in [4.78, 5) is 8.00. The number of aromatic nitrogens is 2. The van der Waals surface area contributed by atoms with Gasteiger partial charge in [-0.15, -0.1) is 0 Å². The Hall–Kier alpha value is -2.90. The lowest BCUT2D eigenvalue weighted by Gasteiger charge is -2.16. The van der Waals surface area contributed by atoms with Gasteiger partial charge in [0.15, 0.2) is 12.0 Å². The number of hydrogen-bond acceptors (Lipinski definition) is 5. The summed E-state index contributed by atoms with van der Waals surface area (Å²) < 4.78 is 17.3. The Labute approximate surface area is 189 Å². The Kier molecular flexibility index (Phi) is 4.88. The summed E-state index contributed by atoms with van der Waals surface area (Å²) in [5, 5.41) is 10.5. The number of ether oxygens (including phenoxy) is 3. The van der Waals surface area contributed by atoms with E-state index in [4.69, 9.17) is 30.8 Å². The van der Waals surface area contributed by atoms with Crippen LogP contribution < -0.4 is 4.74 Å². The third kappa shape index (κ3) is 3.45. The first-order valence-electron chi connectivity index (χ1n) is 10.6. The molecule has 0 aliphatic carbocycles. The highest BCUT2D eigenvalue weighted by atomic mass is 35.5. The summed E-state index contributed by atoms with van der Waals surface area (Å²) in [6.07, 6.45) is -1.49. The first kappa shape index (κ1) is 19.8. The van der Waals surface area contributed by atoms with E-state index in [0.29, 0.717) is 17.5 Å². The number of H-pyrrole nitrogens is 1. The van der Waals surface area contributed by atoms with Gasteiger partial charge >= 0.3 is 0 Å². The molecule has 2 saturated heterocycles. The highest BCUT2D eigenvalue weighted by Gasteiger charge is 2.48. The second-order valence-electron chi connectivity index (χ2n) is 8.15. The topological polar surface area (TPSA) is 76.6 Å². The van der Waals surface area contributed by atoms with Crippen LogP contribution in [0.2, 0.25) is 5.02 Å². The molecule has 2 aliphatic rings. The maximum Gasteiger partial charge on any atom is 0.193 e. The van der Waals surface area contributed by atoms with Gasteiger partial charge in [0, 0.05) is 11.6 Å². The van der Waals surface area contributed by atoms with E-state index in [1.165, 1.54) is 0 Å². The molecular weight excluding hydrogens is 428 g/mol. The van der Waals surface area contributed by atoms with Gasteiger partial charge in [-0.2, -0.15) is 0 Å². The van der Waals surface area contributed by atoms with E-state index in [9.17, 15) is 5.11 Å². The molecule has 2 aromatic carbocycles. The molecule has 2 aromatic heterocycles. The van der Waals surface area contributed by atoms with Gasteiger partial charge in [-0.25, -0.2) is 4.98 Å². The van der Waals surface area contributed by atoms with Crippen LogP contribution in [0.5, 0.6) is 5.88 Å². The van der Waals surface area contributed by atoms with Crippen LogP contribution in [-0.2, 0) is 9.47 Å². The number of aromatic amines is 1. The van der Waals surface area contributed by atoms with E-state index in [2.05, 4.69) is 29.2 Å². The molecule has 0 amide bonds. The van der Waals surface area contributed by atoms with Crippen LogP contribution in [0.25, 0.3) is 33.4 Å². The number of halogens is 1. The van der Waals surface area contributed by atoms with Crippen molar-refractivity contribution >= 4 is 22.6 Å². The van der Waals surface area contributed by atoms with Gasteiger partial charge in [-0.1, -0.05) is 66.2 Å². The molecule has 2 aliphatic heterocycles. The molecule has 7 heteroatoms. The Balaban J connectivity index is 1.26. The SMILES string of the molecule is O[C@H]1CO[C@H]2C1OC[C@H]2Oc1cc2nc(-c3ccc(-c4ccccc4)cc3)c(Cl)cc2[nH]1. The zero-order valence-corrected chi connectivity index (χ0v) is 17.8. The lowest BCUT2D eigenvalue weighted by molar-refractivity contribution is 0.00794. The number of pyridine rings is 1. The van der Waals surface area contributed by atoms with Gasteiger partial charge in [-0.05, 0) is 17.2 Å². The van der Waals surface area contributed by atoms with Crippen LogP contribution in [0.15, 0.2) is 66.7 Å². The van der Waals surface area contributed by atoms with Crippen LogP contribution >= 0.6 is 11.6 Å². The zero-order chi connectivity index (χ0) is 21.7. The van der Waals surface area contributed by atoms with Crippen molar-refractivity contribution in [2.24, 2.45) is 0 Å². The number of benzene rings is 2. The number of rotatable bonds is 4. The van der Waals surface area contributed by atoms with Crippen LogP contribution in [0.3, 0.4) is 0 Å². The van der Waals surface area contributed by atoms with E-state index < -0.39 is 6.10 Å². The van der Waals surface area contributed by atoms with E-state index in [0.717, 1.165) is 33.4 Å². The largest absolute Gasteiger partial charge is 0.470 e. The Morgan fingerprint density at radius 1 is 0.906 bits per heavy atom. The minimum absolute atomic E-state index is 0.269. The van der Waals surface area contributed by atoms with Gasteiger partial charge in [-0.3, -0.25) is 0 Å². The summed E-state index contributed by atoms with van der Waals surface area (Å²) >= 11 is 6.57. The van der Waals surface area contributed by atoms with E-state index in [-0.39, 0.29) is 24.9 Å². The van der Waals surface area contributed by atoms with Gasteiger partial charge < -0.3 is 24.3 Å². The molecule has 0 bridgehead atoms. The summed E-state index contributed by atoms with van der Waals surface area (Å²) in [5.74, 6) is 0.569. The smallest absolute Gasteiger partial charge is 0.193 e. The van der Waals surface area contributed by atoms with Crippen molar-refractivity contribution in [3.05, 3.63) is 71.8 Å². The summed E-state index contributed by atoms with van der Waals surface area (Å²) in [7, 11) is 0. The molecular formula is C25H21ClN2O4. The van der Waals surface area contributed by atoms with Crippen molar-refractivity contribution in [3.63, 3.8) is 0 Å². The van der Waals surface area contributed by atoms with Gasteiger partial charge in [0.25, 0.3) is 0 Å². The normalized spacial score (nSPS) is 24.7. The molecule has 162 valence electrons. The second kappa shape index (κ2) is 7.90.